The Bertz CT molecular complexity index is 600. The summed E-state index contributed by atoms with van der Waals surface area (Å²) in [5, 5.41) is 8.16. The number of nitrogens with zero attached hydrogens (tertiary/aromatic N) is 2. The quantitative estimate of drug-likeness (QED) is 0.922. The van der Waals surface area contributed by atoms with Crippen LogP contribution in [0.1, 0.15) is 40.6 Å². The largest absolute Gasteiger partial charge is 0.313 e. The lowest BCUT2D eigenvalue weighted by Gasteiger charge is -2.13. The topological polar surface area (TPSA) is 29.9 Å². The fraction of sp³-hybridized carbons (Fsp3) is 0.471. The molecule has 1 aromatic heterocycles. The molecule has 3 heteroatoms. The molecule has 1 heterocycles. The van der Waals surface area contributed by atoms with Crippen molar-refractivity contribution in [3.63, 3.8) is 0 Å². The van der Waals surface area contributed by atoms with E-state index in [2.05, 4.69) is 63.7 Å². The second kappa shape index (κ2) is 5.80. The van der Waals surface area contributed by atoms with Crippen molar-refractivity contribution < 1.29 is 0 Å². The fourth-order valence-electron chi connectivity index (χ4n) is 2.91. The smallest absolute Gasteiger partial charge is 0.0707 e. The third kappa shape index (κ3) is 2.63. The van der Waals surface area contributed by atoms with Crippen LogP contribution in [0.3, 0.4) is 0 Å². The maximum absolute atomic E-state index is 4.76. The van der Waals surface area contributed by atoms with Crippen molar-refractivity contribution in [2.24, 2.45) is 0 Å². The Kier molecular flexibility index (Phi) is 4.29. The normalized spacial score (nSPS) is 11.1. The molecule has 2 aromatic rings. The van der Waals surface area contributed by atoms with E-state index in [9.17, 15) is 0 Å². The molecule has 0 atom stereocenters. The summed E-state index contributed by atoms with van der Waals surface area (Å²) in [4.78, 5) is 0. The zero-order chi connectivity index (χ0) is 14.9. The zero-order valence-electron chi connectivity index (χ0n) is 13.5. The summed E-state index contributed by atoms with van der Waals surface area (Å²) in [7, 11) is 0. The average molecular weight is 271 g/mol. The van der Waals surface area contributed by atoms with Crippen molar-refractivity contribution in [3.8, 4) is 5.69 Å². The first-order chi connectivity index (χ1) is 9.45. The highest BCUT2D eigenvalue weighted by atomic mass is 15.3. The minimum atomic E-state index is 0.887. The van der Waals surface area contributed by atoms with Crippen LogP contribution >= 0.6 is 0 Å². The van der Waals surface area contributed by atoms with E-state index in [-0.39, 0.29) is 0 Å². The summed E-state index contributed by atoms with van der Waals surface area (Å²) in [6.45, 7) is 14.7. The summed E-state index contributed by atoms with van der Waals surface area (Å²) in [5.41, 5.74) is 8.75. The number of nitrogens with one attached hydrogen (secondary N) is 1. The monoisotopic (exact) mass is 271 g/mol. The van der Waals surface area contributed by atoms with Gasteiger partial charge in [-0.2, -0.15) is 5.10 Å². The Morgan fingerprint density at radius 2 is 1.65 bits per heavy atom. The Balaban J connectivity index is 2.54. The van der Waals surface area contributed by atoms with Crippen LogP contribution in [0.25, 0.3) is 5.69 Å². The van der Waals surface area contributed by atoms with Crippen LogP contribution in [0.4, 0.5) is 0 Å². The maximum Gasteiger partial charge on any atom is 0.0707 e. The summed E-state index contributed by atoms with van der Waals surface area (Å²) >= 11 is 0. The van der Waals surface area contributed by atoms with E-state index >= 15 is 0 Å². The van der Waals surface area contributed by atoms with Crippen LogP contribution in [-0.4, -0.2) is 16.3 Å². The number of aromatic nitrogens is 2. The van der Waals surface area contributed by atoms with Crippen LogP contribution in [0.2, 0.25) is 0 Å². The molecule has 0 spiro atoms. The van der Waals surface area contributed by atoms with E-state index in [0.29, 0.717) is 0 Å². The Hall–Kier alpha value is -1.61. The molecule has 2 rings (SSSR count). The first kappa shape index (κ1) is 14.8. The lowest BCUT2D eigenvalue weighted by atomic mass is 10.0. The molecule has 0 aliphatic rings. The lowest BCUT2D eigenvalue weighted by Crippen LogP contribution is -2.13. The standard InChI is InChI=1S/C17H25N3/c1-7-18-10-16-14(5)19-20(15(16)6)17-12(3)8-11(2)9-13(17)4/h8-9,18H,7,10H2,1-6H3. The van der Waals surface area contributed by atoms with Gasteiger partial charge in [-0.05, 0) is 52.3 Å². The van der Waals surface area contributed by atoms with E-state index in [1.165, 1.54) is 33.6 Å². The van der Waals surface area contributed by atoms with Gasteiger partial charge in [0.2, 0.25) is 0 Å². The van der Waals surface area contributed by atoms with Gasteiger partial charge in [0, 0.05) is 17.8 Å². The first-order valence-corrected chi connectivity index (χ1v) is 7.29. The van der Waals surface area contributed by atoms with Gasteiger partial charge in [0.05, 0.1) is 11.4 Å². The molecule has 1 N–H and O–H groups in total. The van der Waals surface area contributed by atoms with Gasteiger partial charge >= 0.3 is 0 Å². The van der Waals surface area contributed by atoms with Gasteiger partial charge in [-0.3, -0.25) is 0 Å². The van der Waals surface area contributed by atoms with Gasteiger partial charge in [0.25, 0.3) is 0 Å². The second-order valence-electron chi connectivity index (χ2n) is 5.59. The molecule has 20 heavy (non-hydrogen) atoms. The summed E-state index contributed by atoms with van der Waals surface area (Å²) < 4.78 is 2.10. The molecule has 0 aliphatic heterocycles. The van der Waals surface area contributed by atoms with E-state index in [4.69, 9.17) is 5.10 Å². The highest BCUT2D eigenvalue weighted by molar-refractivity contribution is 5.50. The summed E-state index contributed by atoms with van der Waals surface area (Å²) in [6, 6.07) is 4.45. The predicted molar refractivity (Wildman–Crippen MR) is 84.6 cm³/mol. The minimum absolute atomic E-state index is 0.887. The Labute approximate surface area is 122 Å². The molecule has 3 nitrogen and oxygen atoms in total. The second-order valence-corrected chi connectivity index (χ2v) is 5.59. The van der Waals surface area contributed by atoms with Crippen molar-refractivity contribution in [2.75, 3.05) is 6.54 Å². The van der Waals surface area contributed by atoms with Gasteiger partial charge in [-0.1, -0.05) is 24.6 Å². The Morgan fingerprint density at radius 1 is 1.05 bits per heavy atom. The number of hydrogen-bond donors (Lipinski definition) is 1. The first-order valence-electron chi connectivity index (χ1n) is 7.29. The average Bonchev–Trinajstić information content (AvgIpc) is 2.62. The van der Waals surface area contributed by atoms with Crippen molar-refractivity contribution in [2.45, 2.75) is 48.1 Å². The highest BCUT2D eigenvalue weighted by Gasteiger charge is 2.15. The molecule has 108 valence electrons. The van der Waals surface area contributed by atoms with Crippen LogP contribution in [0.5, 0.6) is 0 Å². The van der Waals surface area contributed by atoms with Crippen molar-refractivity contribution >= 4 is 0 Å². The van der Waals surface area contributed by atoms with Crippen LogP contribution in [0.15, 0.2) is 12.1 Å². The van der Waals surface area contributed by atoms with E-state index in [0.717, 1.165) is 18.8 Å². The molecule has 0 aliphatic carbocycles. The van der Waals surface area contributed by atoms with Crippen molar-refractivity contribution in [3.05, 3.63) is 45.8 Å². The van der Waals surface area contributed by atoms with Gasteiger partial charge in [0.15, 0.2) is 0 Å². The number of hydrogen-bond acceptors (Lipinski definition) is 2. The SMILES string of the molecule is CCNCc1c(C)nn(-c2c(C)cc(C)cc2C)c1C. The van der Waals surface area contributed by atoms with Crippen molar-refractivity contribution in [1.82, 2.24) is 15.1 Å². The number of benzene rings is 1. The van der Waals surface area contributed by atoms with Gasteiger partial charge in [0.1, 0.15) is 0 Å². The molecule has 0 fully saturated rings. The molecule has 0 bridgehead atoms. The lowest BCUT2D eigenvalue weighted by molar-refractivity contribution is 0.719. The fourth-order valence-corrected chi connectivity index (χ4v) is 2.91. The Morgan fingerprint density at radius 3 is 2.20 bits per heavy atom. The third-order valence-corrected chi connectivity index (χ3v) is 3.84. The number of aryl methyl sites for hydroxylation is 4. The molecular formula is C17H25N3. The summed E-state index contributed by atoms with van der Waals surface area (Å²) in [5.74, 6) is 0. The summed E-state index contributed by atoms with van der Waals surface area (Å²) in [6.07, 6.45) is 0. The molecular weight excluding hydrogens is 246 g/mol. The highest BCUT2D eigenvalue weighted by Crippen LogP contribution is 2.24. The zero-order valence-corrected chi connectivity index (χ0v) is 13.5. The van der Waals surface area contributed by atoms with Crippen molar-refractivity contribution in [1.29, 1.82) is 0 Å². The molecule has 0 radical (unpaired) electrons. The van der Waals surface area contributed by atoms with Gasteiger partial charge in [-0.25, -0.2) is 4.68 Å². The van der Waals surface area contributed by atoms with Gasteiger partial charge < -0.3 is 5.32 Å². The van der Waals surface area contributed by atoms with E-state index in [1.54, 1.807) is 0 Å². The van der Waals surface area contributed by atoms with Gasteiger partial charge in [-0.15, -0.1) is 0 Å². The molecule has 0 saturated heterocycles. The van der Waals surface area contributed by atoms with Crippen LogP contribution < -0.4 is 5.32 Å². The molecule has 0 amide bonds. The maximum atomic E-state index is 4.76. The minimum Gasteiger partial charge on any atom is -0.313 e. The molecule has 1 aromatic carbocycles. The van der Waals surface area contributed by atoms with E-state index in [1.807, 2.05) is 0 Å². The number of rotatable bonds is 4. The predicted octanol–water partition coefficient (Wildman–Crippen LogP) is 3.52. The molecule has 0 saturated carbocycles. The van der Waals surface area contributed by atoms with Crippen LogP contribution in [0, 0.1) is 34.6 Å². The third-order valence-electron chi connectivity index (χ3n) is 3.84. The molecule has 0 unspecified atom stereocenters. The van der Waals surface area contributed by atoms with Crippen LogP contribution in [-0.2, 0) is 6.54 Å². The van der Waals surface area contributed by atoms with E-state index < -0.39 is 0 Å².